The van der Waals surface area contributed by atoms with Gasteiger partial charge in [0.1, 0.15) is 5.75 Å². The molecule has 1 aliphatic carbocycles. The Morgan fingerprint density at radius 1 is 1.14 bits per heavy atom. The number of hydrogen-bond acceptors (Lipinski definition) is 2. The number of nitrogens with zero attached hydrogens (tertiary/aromatic N) is 1. The number of phenolic OH excluding ortho intramolecular Hbond substituents is 1. The van der Waals surface area contributed by atoms with Crippen molar-refractivity contribution >= 4 is 0 Å². The maximum Gasteiger partial charge on any atom is 0.119 e. The van der Waals surface area contributed by atoms with E-state index in [-0.39, 0.29) is 0 Å². The van der Waals surface area contributed by atoms with Crippen molar-refractivity contribution in [1.82, 2.24) is 4.90 Å². The lowest BCUT2D eigenvalue weighted by Crippen LogP contribution is -2.35. The second kappa shape index (κ2) is 4.35. The van der Waals surface area contributed by atoms with Crippen LogP contribution in [0.2, 0.25) is 0 Å². The summed E-state index contributed by atoms with van der Waals surface area (Å²) in [5, 5.41) is 10.3. The van der Waals surface area contributed by atoms with Crippen LogP contribution in [0.1, 0.15) is 33.9 Å². The molecule has 0 aromatic heterocycles. The number of aryl methyl sites for hydroxylation is 1. The van der Waals surface area contributed by atoms with Crippen molar-refractivity contribution in [3.8, 4) is 16.9 Å². The van der Waals surface area contributed by atoms with Crippen LogP contribution in [-0.2, 0) is 12.8 Å². The van der Waals surface area contributed by atoms with Gasteiger partial charge in [0.05, 0.1) is 0 Å². The molecule has 0 saturated heterocycles. The van der Waals surface area contributed by atoms with E-state index in [1.54, 1.807) is 0 Å². The van der Waals surface area contributed by atoms with Gasteiger partial charge in [-0.2, -0.15) is 0 Å². The molecule has 1 N–H and O–H groups in total. The summed E-state index contributed by atoms with van der Waals surface area (Å²) in [6, 6.07) is 9.19. The van der Waals surface area contributed by atoms with Crippen LogP contribution in [0.15, 0.2) is 24.3 Å². The van der Waals surface area contributed by atoms with E-state index < -0.39 is 0 Å². The van der Waals surface area contributed by atoms with Gasteiger partial charge in [0.25, 0.3) is 0 Å². The van der Waals surface area contributed by atoms with E-state index in [1.165, 1.54) is 33.4 Å². The van der Waals surface area contributed by atoms with Crippen LogP contribution in [-0.4, -0.2) is 23.6 Å². The lowest BCUT2D eigenvalue weighted by Gasteiger charge is -2.40. The van der Waals surface area contributed by atoms with Gasteiger partial charge in [0, 0.05) is 12.6 Å². The SMILES string of the molecule is Cc1ccc2c(c1)-c1c(C)c(O)cc3c1C(C2)N(C)CC3. The Balaban J connectivity index is 2.09. The first-order valence-corrected chi connectivity index (χ1v) is 7.71. The molecule has 0 amide bonds. The smallest absolute Gasteiger partial charge is 0.119 e. The van der Waals surface area contributed by atoms with Gasteiger partial charge >= 0.3 is 0 Å². The summed E-state index contributed by atoms with van der Waals surface area (Å²) in [6.07, 6.45) is 2.11. The normalized spacial score (nSPS) is 20.0. The molecule has 1 heterocycles. The molecule has 0 spiro atoms. The lowest BCUT2D eigenvalue weighted by molar-refractivity contribution is 0.228. The summed E-state index contributed by atoms with van der Waals surface area (Å²) in [6.45, 7) is 5.26. The monoisotopic (exact) mass is 279 g/mol. The molecule has 21 heavy (non-hydrogen) atoms. The third-order valence-electron chi connectivity index (χ3n) is 5.23. The molecule has 2 heteroatoms. The van der Waals surface area contributed by atoms with Crippen molar-refractivity contribution in [3.05, 3.63) is 52.1 Å². The van der Waals surface area contributed by atoms with Crippen molar-refractivity contribution in [1.29, 1.82) is 0 Å². The van der Waals surface area contributed by atoms with Gasteiger partial charge in [-0.1, -0.05) is 23.8 Å². The third-order valence-corrected chi connectivity index (χ3v) is 5.23. The minimum atomic E-state index is 0.446. The number of fused-ring (bicyclic) bond motifs is 2. The highest BCUT2D eigenvalue weighted by Gasteiger charge is 2.34. The first-order valence-electron chi connectivity index (χ1n) is 7.71. The highest BCUT2D eigenvalue weighted by atomic mass is 16.3. The standard InChI is InChI=1S/C19H21NO/c1-11-4-5-13-9-16-19-14(6-7-20(16)3)10-17(21)12(2)18(19)15(13)8-11/h4-5,8,10,16,21H,6-7,9H2,1-3H3. The Hall–Kier alpha value is -1.80. The Morgan fingerprint density at radius 2 is 1.95 bits per heavy atom. The average Bonchev–Trinajstić information content (AvgIpc) is 2.46. The average molecular weight is 279 g/mol. The number of benzene rings is 2. The molecule has 2 nitrogen and oxygen atoms in total. The van der Waals surface area contributed by atoms with Gasteiger partial charge in [-0.3, -0.25) is 4.90 Å². The summed E-state index contributed by atoms with van der Waals surface area (Å²) in [5.74, 6) is 0.446. The minimum Gasteiger partial charge on any atom is -0.508 e. The van der Waals surface area contributed by atoms with Crippen molar-refractivity contribution < 1.29 is 5.11 Å². The van der Waals surface area contributed by atoms with Crippen LogP contribution in [0.5, 0.6) is 5.75 Å². The van der Waals surface area contributed by atoms with Crippen molar-refractivity contribution in [3.63, 3.8) is 0 Å². The zero-order valence-corrected chi connectivity index (χ0v) is 12.9. The fraction of sp³-hybridized carbons (Fsp3) is 0.368. The zero-order chi connectivity index (χ0) is 14.7. The fourth-order valence-corrected chi connectivity index (χ4v) is 4.02. The molecule has 0 saturated carbocycles. The van der Waals surface area contributed by atoms with Crippen LogP contribution < -0.4 is 0 Å². The van der Waals surface area contributed by atoms with Crippen molar-refractivity contribution in [2.45, 2.75) is 32.7 Å². The second-order valence-corrected chi connectivity index (χ2v) is 6.58. The molecule has 0 bridgehead atoms. The Morgan fingerprint density at radius 3 is 2.76 bits per heavy atom. The maximum absolute atomic E-state index is 10.3. The minimum absolute atomic E-state index is 0.446. The van der Waals surface area contributed by atoms with Gasteiger partial charge < -0.3 is 5.11 Å². The molecule has 2 aliphatic rings. The number of likely N-dealkylation sites (N-methyl/N-ethyl adjacent to an activating group) is 1. The fourth-order valence-electron chi connectivity index (χ4n) is 4.02. The van der Waals surface area contributed by atoms with Crippen molar-refractivity contribution in [2.24, 2.45) is 0 Å². The summed E-state index contributed by atoms with van der Waals surface area (Å²) in [5.41, 5.74) is 9.12. The lowest BCUT2D eigenvalue weighted by atomic mass is 9.75. The van der Waals surface area contributed by atoms with Crippen LogP contribution in [0.3, 0.4) is 0 Å². The second-order valence-electron chi connectivity index (χ2n) is 6.58. The molecule has 4 rings (SSSR count). The molecule has 2 aromatic rings. The molecule has 1 aliphatic heterocycles. The van der Waals surface area contributed by atoms with E-state index in [9.17, 15) is 5.11 Å². The molecule has 0 radical (unpaired) electrons. The van der Waals surface area contributed by atoms with Crippen molar-refractivity contribution in [2.75, 3.05) is 13.6 Å². The summed E-state index contributed by atoms with van der Waals surface area (Å²) in [7, 11) is 2.22. The van der Waals surface area contributed by atoms with E-state index >= 15 is 0 Å². The quantitative estimate of drug-likeness (QED) is 0.793. The van der Waals surface area contributed by atoms with Crippen LogP contribution >= 0.6 is 0 Å². The van der Waals surface area contributed by atoms with E-state index in [1.807, 2.05) is 13.0 Å². The van der Waals surface area contributed by atoms with Gasteiger partial charge in [-0.15, -0.1) is 0 Å². The van der Waals surface area contributed by atoms with Gasteiger partial charge in [-0.25, -0.2) is 0 Å². The number of rotatable bonds is 0. The number of hydrogen-bond donors (Lipinski definition) is 1. The third kappa shape index (κ3) is 1.75. The predicted molar refractivity (Wildman–Crippen MR) is 85.8 cm³/mol. The van der Waals surface area contributed by atoms with Crippen LogP contribution in [0.25, 0.3) is 11.1 Å². The van der Waals surface area contributed by atoms with E-state index in [0.29, 0.717) is 11.8 Å². The topological polar surface area (TPSA) is 23.5 Å². The molecule has 1 unspecified atom stereocenters. The molecule has 2 aromatic carbocycles. The summed E-state index contributed by atoms with van der Waals surface area (Å²) in [4.78, 5) is 2.46. The van der Waals surface area contributed by atoms with Crippen LogP contribution in [0.4, 0.5) is 0 Å². The number of aromatic hydroxyl groups is 1. The maximum atomic E-state index is 10.3. The first-order chi connectivity index (χ1) is 10.1. The Kier molecular flexibility index (Phi) is 2.67. The van der Waals surface area contributed by atoms with Gasteiger partial charge in [-0.05, 0) is 73.2 Å². The van der Waals surface area contributed by atoms with E-state index in [2.05, 4.69) is 37.1 Å². The number of phenols is 1. The molecular weight excluding hydrogens is 258 g/mol. The van der Waals surface area contributed by atoms with Crippen LogP contribution in [0, 0.1) is 13.8 Å². The Bertz CT molecular complexity index is 748. The van der Waals surface area contributed by atoms with E-state index in [4.69, 9.17) is 0 Å². The highest BCUT2D eigenvalue weighted by Crippen LogP contribution is 2.48. The predicted octanol–water partition coefficient (Wildman–Crippen LogP) is 3.76. The first kappa shape index (κ1) is 12.9. The molecule has 0 fully saturated rings. The molecule has 108 valence electrons. The largest absolute Gasteiger partial charge is 0.508 e. The summed E-state index contributed by atoms with van der Waals surface area (Å²) < 4.78 is 0. The highest BCUT2D eigenvalue weighted by molar-refractivity contribution is 5.80. The van der Waals surface area contributed by atoms with Gasteiger partial charge in [0.15, 0.2) is 0 Å². The van der Waals surface area contributed by atoms with E-state index in [0.717, 1.165) is 24.9 Å². The van der Waals surface area contributed by atoms with Gasteiger partial charge in [0.2, 0.25) is 0 Å². The zero-order valence-electron chi connectivity index (χ0n) is 12.9. The molecular formula is C19H21NO. The summed E-state index contributed by atoms with van der Waals surface area (Å²) >= 11 is 0. The molecule has 1 atom stereocenters. The Labute approximate surface area is 126 Å².